The number of aliphatic imine (C=N–C) groups is 1. The molecule has 3 heterocycles. The zero-order valence-electron chi connectivity index (χ0n) is 29.5. The van der Waals surface area contributed by atoms with Crippen LogP contribution in [-0.2, 0) is 39.3 Å². The van der Waals surface area contributed by atoms with Gasteiger partial charge in [0.05, 0.1) is 14.2 Å². The van der Waals surface area contributed by atoms with Crippen molar-refractivity contribution in [3.8, 4) is 11.5 Å². The second-order valence-corrected chi connectivity index (χ2v) is 14.0. The second-order valence-electron chi connectivity index (χ2n) is 12.9. The first-order valence-electron chi connectivity index (χ1n) is 16.4. The van der Waals surface area contributed by atoms with E-state index < -0.39 is 35.1 Å². The zero-order chi connectivity index (χ0) is 37.6. The maximum atomic E-state index is 13.8. The van der Waals surface area contributed by atoms with Gasteiger partial charge in [-0.3, -0.25) is 20.0 Å². The standard InChI is InChI=1S/C35H42N8O8S/c1-35(2,3)51-34(48)38-15-14-37-33(47)40-25-18-42(41(4)29(25)36)17-23-20-52-31-27(39-16-22-8-6-7-9-26(22)44)30(45)43(31)28(23)32(46)50-19-21-10-12-24(49-5)13-11-21/h6-13,16,18,27,31,36H,14-15,17,19-20H2,1-5H3,(H4,37,38,39,40,44,47,48)/p+1/t27-,31-/m1/s1. The third-order valence-corrected chi connectivity index (χ3v) is 9.35. The molecular weight excluding hydrogens is 692 g/mol. The molecule has 276 valence electrons. The van der Waals surface area contributed by atoms with E-state index in [9.17, 15) is 24.3 Å². The number of hydrogen-bond acceptors (Lipinski definition) is 11. The number of rotatable bonds is 12. The molecule has 3 aromatic rings. The number of benzene rings is 2. The highest BCUT2D eigenvalue weighted by Gasteiger charge is 2.54. The summed E-state index contributed by atoms with van der Waals surface area (Å²) in [5.74, 6) is 0.259. The molecule has 4 amide bonds. The van der Waals surface area contributed by atoms with E-state index in [0.717, 1.165) is 5.56 Å². The number of hydrogen-bond donors (Lipinski definition) is 5. The molecule has 1 saturated heterocycles. The molecule has 0 bridgehead atoms. The van der Waals surface area contributed by atoms with Gasteiger partial charge in [0.2, 0.25) is 6.20 Å². The van der Waals surface area contributed by atoms with Crippen molar-refractivity contribution < 1.29 is 43.2 Å². The molecule has 2 atom stereocenters. The van der Waals surface area contributed by atoms with Crippen LogP contribution < -0.4 is 31.1 Å². The number of urea groups is 1. The number of fused-ring (bicyclic) bond motifs is 1. The number of para-hydroxylation sites is 1. The highest BCUT2D eigenvalue weighted by molar-refractivity contribution is 8.00. The number of amides is 4. The smallest absolute Gasteiger partial charge is 0.407 e. The number of methoxy groups -OCH3 is 1. The summed E-state index contributed by atoms with van der Waals surface area (Å²) in [6, 6.07) is 12.4. The van der Waals surface area contributed by atoms with Gasteiger partial charge in [-0.15, -0.1) is 21.1 Å². The lowest BCUT2D eigenvalue weighted by Gasteiger charge is -2.47. The number of ether oxygens (including phenoxy) is 3. The normalized spacial score (nSPS) is 16.9. The summed E-state index contributed by atoms with van der Waals surface area (Å²) in [5, 5.41) is 17.6. The average Bonchev–Trinajstić information content (AvgIpc) is 3.36. The van der Waals surface area contributed by atoms with Gasteiger partial charge in [0, 0.05) is 36.2 Å². The van der Waals surface area contributed by atoms with Gasteiger partial charge in [-0.05, 0) is 50.6 Å². The molecule has 5 rings (SSSR count). The van der Waals surface area contributed by atoms with Crippen molar-refractivity contribution in [3.63, 3.8) is 0 Å². The summed E-state index contributed by atoms with van der Waals surface area (Å²) in [6.45, 7) is 5.65. The maximum Gasteiger partial charge on any atom is 0.407 e. The molecule has 2 aromatic carbocycles. The average molecular weight is 736 g/mol. The van der Waals surface area contributed by atoms with Gasteiger partial charge in [-0.2, -0.15) is 0 Å². The third-order valence-electron chi connectivity index (χ3n) is 8.02. The van der Waals surface area contributed by atoms with Gasteiger partial charge < -0.3 is 35.7 Å². The number of thioether (sulfide) groups is 1. The summed E-state index contributed by atoms with van der Waals surface area (Å²) in [7, 11) is 3.26. The Hall–Kier alpha value is -5.71. The molecule has 2 aliphatic heterocycles. The fraction of sp³-hybridized carbons (Fsp3) is 0.371. The predicted molar refractivity (Wildman–Crippen MR) is 194 cm³/mol. The van der Waals surface area contributed by atoms with Crippen LogP contribution in [0.3, 0.4) is 0 Å². The Bertz CT molecular complexity index is 1890. The first-order chi connectivity index (χ1) is 24.8. The fourth-order valence-electron chi connectivity index (χ4n) is 5.35. The number of β-lactam (4-membered cyclic amide) rings is 1. The molecule has 0 aliphatic carbocycles. The van der Waals surface area contributed by atoms with Crippen LogP contribution in [0, 0.1) is 0 Å². The highest BCUT2D eigenvalue weighted by atomic mass is 32.2. The van der Waals surface area contributed by atoms with Crippen molar-refractivity contribution in [1.29, 1.82) is 0 Å². The van der Waals surface area contributed by atoms with E-state index in [0.29, 0.717) is 28.3 Å². The van der Waals surface area contributed by atoms with E-state index in [2.05, 4.69) is 20.9 Å². The topological polar surface area (TPSA) is 203 Å². The van der Waals surface area contributed by atoms with E-state index in [1.807, 2.05) is 0 Å². The van der Waals surface area contributed by atoms with Crippen molar-refractivity contribution in [2.24, 2.45) is 12.0 Å². The van der Waals surface area contributed by atoms with Crippen LogP contribution in [0.25, 0.3) is 0 Å². The largest absolute Gasteiger partial charge is 0.507 e. The predicted octanol–water partition coefficient (Wildman–Crippen LogP) is 2.66. The van der Waals surface area contributed by atoms with Gasteiger partial charge in [0.25, 0.3) is 5.91 Å². The minimum Gasteiger partial charge on any atom is -0.507 e. The summed E-state index contributed by atoms with van der Waals surface area (Å²) >= 11 is 1.45. The summed E-state index contributed by atoms with van der Waals surface area (Å²) in [4.78, 5) is 57.7. The van der Waals surface area contributed by atoms with Crippen LogP contribution in [0.15, 0.2) is 71.0 Å². The first kappa shape index (κ1) is 37.5. The molecule has 16 nitrogen and oxygen atoms in total. The number of esters is 1. The Morgan fingerprint density at radius 2 is 1.83 bits per heavy atom. The monoisotopic (exact) mass is 735 g/mol. The molecular formula is C35H43N8O8S+. The van der Waals surface area contributed by atoms with Crippen LogP contribution in [0.1, 0.15) is 31.9 Å². The molecule has 6 N–H and O–H groups in total. The number of phenolic OH excluding ortho intramolecular Hbond substituents is 1. The number of alkyl carbamates (subject to hydrolysis) is 1. The number of anilines is 2. The number of phenols is 1. The number of nitrogen functional groups attached to an aromatic ring is 1. The first-order valence-corrected chi connectivity index (χ1v) is 17.4. The number of nitrogens with two attached hydrogens (primary N) is 1. The zero-order valence-corrected chi connectivity index (χ0v) is 30.4. The van der Waals surface area contributed by atoms with Crippen LogP contribution in [0.4, 0.5) is 21.1 Å². The van der Waals surface area contributed by atoms with E-state index >= 15 is 0 Å². The van der Waals surface area contributed by atoms with Gasteiger partial charge in [-0.1, -0.05) is 24.3 Å². The lowest BCUT2D eigenvalue weighted by Crippen LogP contribution is -2.64. The van der Waals surface area contributed by atoms with Crippen LogP contribution in [0.5, 0.6) is 11.5 Å². The summed E-state index contributed by atoms with van der Waals surface area (Å²) in [6.07, 6.45) is 2.49. The minimum absolute atomic E-state index is 0.0327. The summed E-state index contributed by atoms with van der Waals surface area (Å²) < 4.78 is 19.4. The fourth-order valence-corrected chi connectivity index (χ4v) is 6.68. The number of carbonyl (C=O) groups excluding carboxylic acids is 4. The molecule has 2 aliphatic rings. The Labute approximate surface area is 305 Å². The van der Waals surface area contributed by atoms with Crippen molar-refractivity contribution in [3.05, 3.63) is 77.1 Å². The van der Waals surface area contributed by atoms with Crippen LogP contribution in [0.2, 0.25) is 0 Å². The van der Waals surface area contributed by atoms with E-state index in [-0.39, 0.29) is 49.4 Å². The van der Waals surface area contributed by atoms with E-state index in [4.69, 9.17) is 19.9 Å². The molecule has 1 aromatic heterocycles. The Morgan fingerprint density at radius 1 is 1.12 bits per heavy atom. The molecule has 0 saturated carbocycles. The van der Waals surface area contributed by atoms with Gasteiger partial charge in [-0.25, -0.2) is 14.4 Å². The molecule has 0 radical (unpaired) electrons. The van der Waals surface area contributed by atoms with Crippen LogP contribution in [-0.4, -0.2) is 87.9 Å². The Kier molecular flexibility index (Phi) is 11.6. The highest BCUT2D eigenvalue weighted by Crippen LogP contribution is 2.42. The molecule has 52 heavy (non-hydrogen) atoms. The Balaban J connectivity index is 1.31. The number of nitrogens with one attached hydrogen (secondary N) is 3. The quantitative estimate of drug-likeness (QED) is 0.0605. The van der Waals surface area contributed by atoms with Gasteiger partial charge in [0.15, 0.2) is 24.1 Å². The maximum absolute atomic E-state index is 13.8. The number of aromatic nitrogens is 2. The lowest BCUT2D eigenvalue weighted by molar-refractivity contribution is -0.765. The second kappa shape index (κ2) is 16.1. The number of aromatic hydroxyl groups is 1. The lowest BCUT2D eigenvalue weighted by atomic mass is 10.0. The van der Waals surface area contributed by atoms with Crippen molar-refractivity contribution >= 4 is 53.5 Å². The SMILES string of the molecule is COc1ccc(COC(=O)C2=C(C[n+]3cc(NC(=O)NCCNC(=O)OC(C)(C)C)c(N)n3C)CS[C@@H]3[C@H](N=Cc4ccccc4O)C(=O)N23)cc1. The van der Waals surface area contributed by atoms with Crippen LogP contribution >= 0.6 is 11.8 Å². The molecule has 17 heteroatoms. The third kappa shape index (κ3) is 8.95. The van der Waals surface area contributed by atoms with Crippen molar-refractivity contribution in [2.45, 2.75) is 50.9 Å². The van der Waals surface area contributed by atoms with Crippen molar-refractivity contribution in [1.82, 2.24) is 20.2 Å². The van der Waals surface area contributed by atoms with Gasteiger partial charge >= 0.3 is 18.1 Å². The molecule has 0 unspecified atom stereocenters. The molecule has 0 spiro atoms. The number of nitrogens with zero attached hydrogens (tertiary/aromatic N) is 4. The van der Waals surface area contributed by atoms with Crippen molar-refractivity contribution in [2.75, 3.05) is 37.0 Å². The minimum atomic E-state index is -0.762. The molecule has 1 fully saturated rings. The Morgan fingerprint density at radius 3 is 2.52 bits per heavy atom. The van der Waals surface area contributed by atoms with E-state index in [1.54, 1.807) is 93.0 Å². The number of carbonyl (C=O) groups is 4. The van der Waals surface area contributed by atoms with E-state index in [1.165, 1.54) is 28.9 Å². The summed E-state index contributed by atoms with van der Waals surface area (Å²) in [5.41, 5.74) is 7.93. The van der Waals surface area contributed by atoms with Gasteiger partial charge in [0.1, 0.15) is 34.8 Å².